The molecule has 1 N–H and O–H groups in total. The lowest BCUT2D eigenvalue weighted by Crippen LogP contribution is -2.43. The molecule has 10 heteroatoms. The van der Waals surface area contributed by atoms with Crippen molar-refractivity contribution in [3.63, 3.8) is 0 Å². The average molecular weight is 421 g/mol. The van der Waals surface area contributed by atoms with Crippen LogP contribution in [0, 0.1) is 10.1 Å². The first kappa shape index (κ1) is 21.2. The lowest BCUT2D eigenvalue weighted by atomic mass is 10.1. The van der Waals surface area contributed by atoms with Crippen molar-refractivity contribution >= 4 is 15.7 Å². The standard InChI is InChI=1S/C19H23N3O6S/c1-27-16-7-8-19(17(13-16)22(23)24)29(25,26)20-14-18(15-5-3-2-4-6-15)21-9-11-28-12-10-21/h2-8,13,18,20H,9-12,14H2,1H3. The van der Waals surface area contributed by atoms with E-state index >= 15 is 0 Å². The van der Waals surface area contributed by atoms with E-state index < -0.39 is 25.5 Å². The van der Waals surface area contributed by atoms with Gasteiger partial charge in [0.15, 0.2) is 4.90 Å². The zero-order valence-electron chi connectivity index (χ0n) is 16.0. The summed E-state index contributed by atoms with van der Waals surface area (Å²) < 4.78 is 38.7. The van der Waals surface area contributed by atoms with Crippen molar-refractivity contribution in [1.82, 2.24) is 9.62 Å². The maximum absolute atomic E-state index is 12.9. The van der Waals surface area contributed by atoms with E-state index in [4.69, 9.17) is 9.47 Å². The van der Waals surface area contributed by atoms with Gasteiger partial charge in [0.2, 0.25) is 10.0 Å². The van der Waals surface area contributed by atoms with Crippen molar-refractivity contribution in [1.29, 1.82) is 0 Å². The first-order valence-electron chi connectivity index (χ1n) is 9.11. The summed E-state index contributed by atoms with van der Waals surface area (Å²) in [6.07, 6.45) is 0. The van der Waals surface area contributed by atoms with Crippen LogP contribution in [0.15, 0.2) is 53.4 Å². The molecule has 156 valence electrons. The van der Waals surface area contributed by atoms with Gasteiger partial charge in [-0.2, -0.15) is 0 Å². The van der Waals surface area contributed by atoms with Crippen LogP contribution >= 0.6 is 0 Å². The van der Waals surface area contributed by atoms with Crippen molar-refractivity contribution in [2.75, 3.05) is 40.0 Å². The van der Waals surface area contributed by atoms with Crippen LogP contribution in [0.25, 0.3) is 0 Å². The number of rotatable bonds is 8. The predicted octanol–water partition coefficient (Wildman–Crippen LogP) is 1.96. The summed E-state index contributed by atoms with van der Waals surface area (Å²) in [7, 11) is -2.75. The molecule has 9 nitrogen and oxygen atoms in total. The van der Waals surface area contributed by atoms with Gasteiger partial charge in [0.25, 0.3) is 5.69 Å². The minimum atomic E-state index is -4.11. The predicted molar refractivity (Wildman–Crippen MR) is 106 cm³/mol. The van der Waals surface area contributed by atoms with Crippen molar-refractivity contribution < 1.29 is 22.8 Å². The second kappa shape index (κ2) is 9.31. The molecule has 1 fully saturated rings. The lowest BCUT2D eigenvalue weighted by Gasteiger charge is -2.34. The summed E-state index contributed by atoms with van der Waals surface area (Å²) in [6, 6.07) is 13.0. The molecule has 0 radical (unpaired) electrons. The van der Waals surface area contributed by atoms with Crippen LogP contribution in [-0.4, -0.2) is 58.2 Å². The van der Waals surface area contributed by atoms with Crippen LogP contribution in [0.5, 0.6) is 5.75 Å². The Morgan fingerprint density at radius 3 is 2.52 bits per heavy atom. The number of methoxy groups -OCH3 is 1. The van der Waals surface area contributed by atoms with E-state index in [9.17, 15) is 18.5 Å². The van der Waals surface area contributed by atoms with E-state index in [2.05, 4.69) is 9.62 Å². The van der Waals surface area contributed by atoms with E-state index in [0.29, 0.717) is 26.3 Å². The Balaban J connectivity index is 1.86. The molecule has 0 saturated carbocycles. The number of benzene rings is 2. The summed E-state index contributed by atoms with van der Waals surface area (Å²) in [4.78, 5) is 12.4. The Labute approximate surface area is 169 Å². The normalized spacial score (nSPS) is 16.3. The largest absolute Gasteiger partial charge is 0.497 e. The van der Waals surface area contributed by atoms with Crippen LogP contribution < -0.4 is 9.46 Å². The van der Waals surface area contributed by atoms with Gasteiger partial charge in [-0.05, 0) is 17.7 Å². The van der Waals surface area contributed by atoms with Gasteiger partial charge >= 0.3 is 0 Å². The average Bonchev–Trinajstić information content (AvgIpc) is 2.75. The molecule has 0 aliphatic carbocycles. The highest BCUT2D eigenvalue weighted by Gasteiger charge is 2.29. The molecule has 0 spiro atoms. The topological polar surface area (TPSA) is 111 Å². The first-order valence-corrected chi connectivity index (χ1v) is 10.6. The zero-order chi connectivity index (χ0) is 20.9. The van der Waals surface area contributed by atoms with Crippen molar-refractivity contribution in [3.8, 4) is 5.75 Å². The van der Waals surface area contributed by atoms with E-state index in [1.165, 1.54) is 19.2 Å². The third-order valence-corrected chi connectivity index (χ3v) is 6.26. The molecule has 0 amide bonds. The van der Waals surface area contributed by atoms with Crippen LogP contribution in [0.1, 0.15) is 11.6 Å². The van der Waals surface area contributed by atoms with Crippen LogP contribution in [0.3, 0.4) is 0 Å². The van der Waals surface area contributed by atoms with Gasteiger partial charge in [-0.25, -0.2) is 13.1 Å². The fourth-order valence-corrected chi connectivity index (χ4v) is 4.47. The Kier molecular flexibility index (Phi) is 6.80. The zero-order valence-corrected chi connectivity index (χ0v) is 16.8. The van der Waals surface area contributed by atoms with E-state index in [-0.39, 0.29) is 18.3 Å². The number of hydrogen-bond acceptors (Lipinski definition) is 7. The molecule has 1 aliphatic rings. The van der Waals surface area contributed by atoms with E-state index in [1.807, 2.05) is 30.3 Å². The Morgan fingerprint density at radius 1 is 1.21 bits per heavy atom. The highest BCUT2D eigenvalue weighted by molar-refractivity contribution is 7.89. The third-order valence-electron chi connectivity index (χ3n) is 4.79. The Hall–Kier alpha value is -2.53. The van der Waals surface area contributed by atoms with Crippen LogP contribution in [0.2, 0.25) is 0 Å². The highest BCUT2D eigenvalue weighted by Crippen LogP contribution is 2.29. The van der Waals surface area contributed by atoms with Gasteiger partial charge in [0, 0.05) is 25.7 Å². The Morgan fingerprint density at radius 2 is 1.90 bits per heavy atom. The smallest absolute Gasteiger partial charge is 0.293 e. The second-order valence-corrected chi connectivity index (χ2v) is 8.25. The third kappa shape index (κ3) is 5.10. The molecule has 0 bridgehead atoms. The molecular formula is C19H23N3O6S. The van der Waals surface area contributed by atoms with Gasteiger partial charge in [0.05, 0.1) is 31.3 Å². The fourth-order valence-electron chi connectivity index (χ4n) is 3.28. The number of ether oxygens (including phenoxy) is 2. The fraction of sp³-hybridized carbons (Fsp3) is 0.368. The molecular weight excluding hydrogens is 398 g/mol. The Bertz CT molecular complexity index is 946. The summed E-state index contributed by atoms with van der Waals surface area (Å²) in [6.45, 7) is 2.56. The quantitative estimate of drug-likeness (QED) is 0.512. The molecule has 1 saturated heterocycles. The molecule has 29 heavy (non-hydrogen) atoms. The number of nitrogens with zero attached hydrogens (tertiary/aromatic N) is 2. The number of nitro benzene ring substituents is 1. The summed E-state index contributed by atoms with van der Waals surface area (Å²) >= 11 is 0. The number of sulfonamides is 1. The SMILES string of the molecule is COc1ccc(S(=O)(=O)NCC(c2ccccc2)N2CCOCC2)c([N+](=O)[O-])c1. The highest BCUT2D eigenvalue weighted by atomic mass is 32.2. The maximum atomic E-state index is 12.9. The van der Waals surface area contributed by atoms with Gasteiger partial charge < -0.3 is 9.47 Å². The van der Waals surface area contributed by atoms with E-state index in [0.717, 1.165) is 11.6 Å². The van der Waals surface area contributed by atoms with E-state index in [1.54, 1.807) is 0 Å². The van der Waals surface area contributed by atoms with Crippen molar-refractivity contribution in [2.45, 2.75) is 10.9 Å². The molecule has 1 atom stereocenters. The summed E-state index contributed by atoms with van der Waals surface area (Å²) in [5.41, 5.74) is 0.431. The second-order valence-electron chi connectivity index (χ2n) is 6.52. The minimum Gasteiger partial charge on any atom is -0.497 e. The molecule has 2 aromatic rings. The molecule has 0 aromatic heterocycles. The maximum Gasteiger partial charge on any atom is 0.293 e. The number of morpholine rings is 1. The number of nitro groups is 1. The number of hydrogen-bond donors (Lipinski definition) is 1. The molecule has 3 rings (SSSR count). The van der Waals surface area contributed by atoms with Crippen LogP contribution in [0.4, 0.5) is 5.69 Å². The monoisotopic (exact) mass is 421 g/mol. The summed E-state index contributed by atoms with van der Waals surface area (Å²) in [5.74, 6) is 0.214. The van der Waals surface area contributed by atoms with Crippen molar-refractivity contribution in [2.24, 2.45) is 0 Å². The molecule has 2 aromatic carbocycles. The van der Waals surface area contributed by atoms with Gasteiger partial charge in [-0.15, -0.1) is 0 Å². The van der Waals surface area contributed by atoms with Crippen LogP contribution in [-0.2, 0) is 14.8 Å². The number of nitrogens with one attached hydrogen (secondary N) is 1. The summed E-state index contributed by atoms with van der Waals surface area (Å²) in [5, 5.41) is 11.4. The minimum absolute atomic E-state index is 0.0789. The molecule has 1 heterocycles. The van der Waals surface area contributed by atoms with Gasteiger partial charge in [0.1, 0.15) is 5.75 Å². The van der Waals surface area contributed by atoms with Gasteiger partial charge in [-0.1, -0.05) is 30.3 Å². The van der Waals surface area contributed by atoms with Gasteiger partial charge in [-0.3, -0.25) is 15.0 Å². The van der Waals surface area contributed by atoms with Crippen molar-refractivity contribution in [3.05, 3.63) is 64.2 Å². The molecule has 1 aliphatic heterocycles. The molecule has 1 unspecified atom stereocenters. The first-order chi connectivity index (χ1) is 13.9. The lowest BCUT2D eigenvalue weighted by molar-refractivity contribution is -0.387.